The lowest BCUT2D eigenvalue weighted by molar-refractivity contribution is -0.141. The number of nitrogens with zero attached hydrogens (tertiary/aromatic N) is 2. The van der Waals surface area contributed by atoms with Gasteiger partial charge in [0.15, 0.2) is 0 Å². The minimum atomic E-state index is -3.79. The van der Waals surface area contributed by atoms with Gasteiger partial charge in [0.25, 0.3) is 0 Å². The van der Waals surface area contributed by atoms with Gasteiger partial charge in [-0.1, -0.05) is 39.2 Å². The highest BCUT2D eigenvalue weighted by Crippen LogP contribution is 2.67. The summed E-state index contributed by atoms with van der Waals surface area (Å²) in [7, 11) is -2.14. The van der Waals surface area contributed by atoms with Crippen molar-refractivity contribution >= 4 is 36.0 Å². The summed E-state index contributed by atoms with van der Waals surface area (Å²) in [5, 5.41) is 6.11. The van der Waals surface area contributed by atoms with E-state index in [1.807, 2.05) is 18.2 Å². The molecule has 2 saturated carbocycles. The van der Waals surface area contributed by atoms with Crippen LogP contribution in [-0.4, -0.2) is 83.1 Å². The van der Waals surface area contributed by atoms with Gasteiger partial charge < -0.3 is 34.6 Å². The molecule has 3 N–H and O–H groups in total. The number of nitrogens with one attached hydrogen (secondary N) is 2. The van der Waals surface area contributed by atoms with Gasteiger partial charge in [-0.2, -0.15) is 0 Å². The largest absolute Gasteiger partial charge is 0.496 e. The molecular formula is C37H51N4O8P. The van der Waals surface area contributed by atoms with E-state index in [2.05, 4.69) is 36.0 Å². The van der Waals surface area contributed by atoms with Crippen LogP contribution < -0.4 is 20.1 Å². The Morgan fingerprint density at radius 2 is 1.98 bits per heavy atom. The normalized spacial score (nSPS) is 30.2. The van der Waals surface area contributed by atoms with Crippen LogP contribution >= 0.6 is 7.37 Å². The van der Waals surface area contributed by atoms with Crippen LogP contribution in [0.25, 0.3) is 10.8 Å². The number of alkyl carbamates (subject to hydrolysis) is 1. The molecule has 50 heavy (non-hydrogen) atoms. The van der Waals surface area contributed by atoms with Crippen LogP contribution in [0.2, 0.25) is 0 Å². The molecule has 0 radical (unpaired) electrons. The topological polar surface area (TPSA) is 156 Å². The molecule has 6 rings (SSSR count). The second-order valence-corrected chi connectivity index (χ2v) is 18.0. The first-order valence-electron chi connectivity index (χ1n) is 17.9. The highest BCUT2D eigenvalue weighted by Gasteiger charge is 2.64. The number of aromatic nitrogens is 1. The molecule has 2 aliphatic heterocycles. The van der Waals surface area contributed by atoms with E-state index in [-0.39, 0.29) is 43.2 Å². The predicted octanol–water partition coefficient (Wildman–Crippen LogP) is 5.55. The molecule has 0 spiro atoms. The van der Waals surface area contributed by atoms with Crippen LogP contribution in [0.3, 0.4) is 0 Å². The van der Waals surface area contributed by atoms with Gasteiger partial charge in [0.05, 0.1) is 20.3 Å². The first-order valence-corrected chi connectivity index (χ1v) is 20.0. The lowest BCUT2D eigenvalue weighted by atomic mass is 9.83. The molecule has 1 aromatic heterocycles. The molecule has 3 heterocycles. The Morgan fingerprint density at radius 1 is 1.22 bits per heavy atom. The second kappa shape index (κ2) is 14.2. The average molecular weight is 711 g/mol. The van der Waals surface area contributed by atoms with Gasteiger partial charge in [0.2, 0.25) is 25.1 Å². The summed E-state index contributed by atoms with van der Waals surface area (Å²) >= 11 is 0. The number of pyridine rings is 1. The molecule has 1 aromatic carbocycles. The van der Waals surface area contributed by atoms with Gasteiger partial charge in [-0.15, -0.1) is 6.58 Å². The van der Waals surface area contributed by atoms with Gasteiger partial charge in [0, 0.05) is 30.6 Å². The Hall–Kier alpha value is -3.63. The molecule has 4 bridgehead atoms. The molecule has 2 aromatic rings. The molecule has 3 amide bonds. The summed E-state index contributed by atoms with van der Waals surface area (Å²) in [6.45, 7) is 9.36. The lowest BCUT2D eigenvalue weighted by Gasteiger charge is -2.35. The lowest BCUT2D eigenvalue weighted by Crippen LogP contribution is -2.57. The fourth-order valence-corrected chi connectivity index (χ4v) is 9.67. The third-order valence-corrected chi connectivity index (χ3v) is 13.3. The Labute approximate surface area is 294 Å². The highest BCUT2D eigenvalue weighted by atomic mass is 31.2. The Morgan fingerprint density at radius 3 is 2.66 bits per heavy atom. The number of amides is 3. The molecule has 1 saturated heterocycles. The zero-order valence-electron chi connectivity index (χ0n) is 29.6. The van der Waals surface area contributed by atoms with E-state index < -0.39 is 48.7 Å². The van der Waals surface area contributed by atoms with Crippen molar-refractivity contribution in [1.29, 1.82) is 0 Å². The number of hydrogen-bond acceptors (Lipinski definition) is 8. The Kier molecular flexibility index (Phi) is 10.3. The standard InChI is InChI=1S/C37H51N4O8P/c1-6-26-20-37(26,50(5,45)46)40-32(42)29-19-27-21-41(29)34(43)31(23-11-8-7-9-12-23)39-35(44)48-22-36(2,3)15-10-13-25-17-28-24(18-30(25)47-4)14-16-38-33(28)49-27/h6,14,16-18,23,26-27,29,31H,1,7-13,15,19-22H2,2-5H3,(H,39,44)(H,40,42)(H,45,46)/t26?,27-,29+,31+,37?/m1/s1. The van der Waals surface area contributed by atoms with Crippen LogP contribution in [0.1, 0.15) is 77.2 Å². The van der Waals surface area contributed by atoms with E-state index in [4.69, 9.17) is 14.2 Å². The van der Waals surface area contributed by atoms with Gasteiger partial charge in [-0.25, -0.2) is 9.78 Å². The maximum absolute atomic E-state index is 14.7. The van der Waals surface area contributed by atoms with Crippen molar-refractivity contribution in [2.45, 2.75) is 102 Å². The molecular weight excluding hydrogens is 659 g/mol. The quantitative estimate of drug-likeness (QED) is 0.259. The number of rotatable bonds is 6. The number of methoxy groups -OCH3 is 1. The van der Waals surface area contributed by atoms with Crippen molar-refractivity contribution in [1.82, 2.24) is 20.5 Å². The molecule has 272 valence electrons. The van der Waals surface area contributed by atoms with Crippen LogP contribution in [0.15, 0.2) is 37.1 Å². The molecule has 3 unspecified atom stereocenters. The van der Waals surface area contributed by atoms with Crippen molar-refractivity contribution in [3.05, 3.63) is 42.6 Å². The van der Waals surface area contributed by atoms with Crippen molar-refractivity contribution < 1.29 is 38.1 Å². The minimum absolute atomic E-state index is 0.0613. The summed E-state index contributed by atoms with van der Waals surface area (Å²) in [6, 6.07) is 3.97. The maximum atomic E-state index is 14.7. The van der Waals surface area contributed by atoms with E-state index >= 15 is 0 Å². The zero-order chi connectivity index (χ0) is 35.8. The molecule has 13 heteroatoms. The fraction of sp³-hybridized carbons (Fsp3) is 0.622. The van der Waals surface area contributed by atoms with Crippen molar-refractivity contribution in [2.75, 3.05) is 26.9 Å². The number of benzene rings is 1. The number of hydrogen-bond donors (Lipinski definition) is 3. The van der Waals surface area contributed by atoms with Gasteiger partial charge in [-0.05, 0) is 79.0 Å². The third kappa shape index (κ3) is 7.38. The van der Waals surface area contributed by atoms with Crippen LogP contribution in [0.5, 0.6) is 11.6 Å². The third-order valence-electron chi connectivity index (χ3n) is 11.2. The second-order valence-electron chi connectivity index (χ2n) is 15.4. The number of ether oxygens (including phenoxy) is 3. The fourth-order valence-electron chi connectivity index (χ4n) is 8.09. The zero-order valence-corrected chi connectivity index (χ0v) is 30.5. The van der Waals surface area contributed by atoms with Crippen LogP contribution in [0, 0.1) is 17.3 Å². The van der Waals surface area contributed by atoms with Crippen LogP contribution in [-0.2, 0) is 25.3 Å². The predicted molar refractivity (Wildman–Crippen MR) is 189 cm³/mol. The van der Waals surface area contributed by atoms with Crippen LogP contribution in [0.4, 0.5) is 4.79 Å². The van der Waals surface area contributed by atoms with E-state index in [9.17, 15) is 23.8 Å². The SMILES string of the molecule is C=CC1CC1(NC(=O)[C@@H]1C[C@@H]2CN1C(=O)[C@H](C1CCCCC1)NC(=O)OCC(C)(C)CCCc1cc3c(nccc3cc1OC)O2)P(C)(=O)O. The summed E-state index contributed by atoms with van der Waals surface area (Å²) in [4.78, 5) is 58.9. The monoisotopic (exact) mass is 710 g/mol. The molecule has 2 aliphatic carbocycles. The molecule has 12 nitrogen and oxygen atoms in total. The summed E-state index contributed by atoms with van der Waals surface area (Å²) in [6.07, 6.45) is 9.12. The van der Waals surface area contributed by atoms with E-state index in [1.165, 1.54) is 11.6 Å². The minimum Gasteiger partial charge on any atom is -0.496 e. The number of cyclic esters (lactones) is 1. The summed E-state index contributed by atoms with van der Waals surface area (Å²) in [5.41, 5.74) is 0.662. The van der Waals surface area contributed by atoms with Crippen molar-refractivity contribution in [3.63, 3.8) is 0 Å². The number of aryl methyl sites for hydroxylation is 1. The van der Waals surface area contributed by atoms with Crippen molar-refractivity contribution in [2.24, 2.45) is 17.3 Å². The molecule has 4 aliphatic rings. The highest BCUT2D eigenvalue weighted by molar-refractivity contribution is 7.59. The van der Waals surface area contributed by atoms with E-state index in [1.54, 1.807) is 19.4 Å². The average Bonchev–Trinajstić information content (AvgIpc) is 3.66. The Balaban J connectivity index is 1.39. The molecule has 3 fully saturated rings. The first kappa shape index (κ1) is 36.2. The Bertz CT molecular complexity index is 1690. The smallest absolute Gasteiger partial charge is 0.407 e. The number of fused-ring (bicyclic) bond motifs is 3. The summed E-state index contributed by atoms with van der Waals surface area (Å²) in [5.74, 6) is -0.297. The first-order chi connectivity index (χ1) is 23.7. The van der Waals surface area contributed by atoms with Gasteiger partial charge in [0.1, 0.15) is 29.2 Å². The van der Waals surface area contributed by atoms with E-state index in [0.717, 1.165) is 73.5 Å². The number of carbonyl (C=O) groups excluding carboxylic acids is 3. The van der Waals surface area contributed by atoms with Crippen molar-refractivity contribution in [3.8, 4) is 11.6 Å². The molecule has 6 atom stereocenters. The number of carbonyl (C=O) groups is 3. The maximum Gasteiger partial charge on any atom is 0.407 e. The van der Waals surface area contributed by atoms with E-state index in [0.29, 0.717) is 5.88 Å². The van der Waals surface area contributed by atoms with Gasteiger partial charge in [-0.3, -0.25) is 14.2 Å². The van der Waals surface area contributed by atoms with Gasteiger partial charge >= 0.3 is 6.09 Å². The summed E-state index contributed by atoms with van der Waals surface area (Å²) < 4.78 is 31.1.